The molecule has 0 rings (SSSR count). The maximum atomic E-state index is 9.44. The molecule has 16 heavy (non-hydrogen) atoms. The molecule has 0 N–H and O–H groups in total. The van der Waals surface area contributed by atoms with E-state index >= 15 is 0 Å². The minimum absolute atomic E-state index is 0.167. The van der Waals surface area contributed by atoms with E-state index in [4.69, 9.17) is 5.26 Å². The van der Waals surface area contributed by atoms with Crippen LogP contribution in [0.3, 0.4) is 0 Å². The Bertz CT molecular complexity index is 177. The van der Waals surface area contributed by atoms with Gasteiger partial charge in [-0.05, 0) is 46.0 Å². The lowest BCUT2D eigenvalue weighted by Gasteiger charge is -2.05. The Labute approximate surface area is 102 Å². The van der Waals surface area contributed by atoms with Crippen molar-refractivity contribution in [3.63, 3.8) is 0 Å². The van der Waals surface area contributed by atoms with Gasteiger partial charge in [0.05, 0.1) is 6.07 Å². The van der Waals surface area contributed by atoms with E-state index in [1.807, 2.05) is 19.9 Å². The highest BCUT2D eigenvalue weighted by Crippen LogP contribution is 2.08. The van der Waals surface area contributed by atoms with E-state index < -0.39 is 0 Å². The third kappa shape index (κ3) is 73.1. The second kappa shape index (κ2) is 14.2. The summed E-state index contributed by atoms with van der Waals surface area (Å²) in [7, 11) is 0. The summed E-state index contributed by atoms with van der Waals surface area (Å²) in [6, 6.07) is 2.03. The van der Waals surface area contributed by atoms with Crippen molar-refractivity contribution in [2.45, 2.75) is 61.8 Å². The fourth-order valence-corrected chi connectivity index (χ4v) is 0.943. The molecule has 0 aromatic rings. The van der Waals surface area contributed by atoms with Crippen LogP contribution in [0, 0.1) is 29.1 Å². The number of ketones is 1. The van der Waals surface area contributed by atoms with Crippen molar-refractivity contribution in [2.24, 2.45) is 17.8 Å². The first kappa shape index (κ1) is 20.6. The molecule has 96 valence electrons. The molecule has 0 saturated carbocycles. The van der Waals surface area contributed by atoms with E-state index in [2.05, 4.69) is 27.7 Å². The minimum Gasteiger partial charge on any atom is -0.300 e. The van der Waals surface area contributed by atoms with Gasteiger partial charge in [0.25, 0.3) is 0 Å². The fourth-order valence-electron chi connectivity index (χ4n) is 0.943. The lowest BCUT2D eigenvalue weighted by atomic mass is 10.0. The Kier molecular flexibility index (Phi) is 18.2. The summed E-state index contributed by atoms with van der Waals surface area (Å²) < 4.78 is 0. The molecule has 0 atom stereocenters. The average molecular weight is 227 g/mol. The highest BCUT2D eigenvalue weighted by atomic mass is 16.1. The maximum Gasteiger partial charge on any atom is 0.126 e. The lowest BCUT2D eigenvalue weighted by molar-refractivity contribution is -0.114. The Morgan fingerprint density at radius 3 is 1.19 bits per heavy atom. The molecule has 0 saturated heterocycles. The van der Waals surface area contributed by atoms with Gasteiger partial charge in [0.1, 0.15) is 5.78 Å². The number of carbonyl (C=O) groups excluding carboxylic acids is 1. The second-order valence-corrected chi connectivity index (χ2v) is 5.22. The first-order chi connectivity index (χ1) is 7.13. The number of hydrogen-bond donors (Lipinski definition) is 0. The molecular weight excluding hydrogens is 198 g/mol. The number of nitrogens with zero attached hydrogens (tertiary/aromatic N) is 1. The highest BCUT2D eigenvalue weighted by molar-refractivity contribution is 5.72. The number of nitriles is 1. The van der Waals surface area contributed by atoms with E-state index in [9.17, 15) is 4.79 Å². The van der Waals surface area contributed by atoms with Gasteiger partial charge < -0.3 is 4.79 Å². The molecule has 0 unspecified atom stereocenters. The molecule has 0 aliphatic carbocycles. The number of hydrogen-bond acceptors (Lipinski definition) is 2. The fraction of sp³-hybridized carbons (Fsp3) is 0.857. The lowest BCUT2D eigenvalue weighted by Crippen LogP contribution is -1.93. The van der Waals surface area contributed by atoms with Gasteiger partial charge in [-0.3, -0.25) is 0 Å². The largest absolute Gasteiger partial charge is 0.300 e. The molecule has 2 nitrogen and oxygen atoms in total. The van der Waals surface area contributed by atoms with Gasteiger partial charge in [0.2, 0.25) is 0 Å². The molecule has 0 amide bonds. The molecule has 0 fully saturated rings. The Morgan fingerprint density at radius 1 is 1.00 bits per heavy atom. The maximum absolute atomic E-state index is 9.44. The van der Waals surface area contributed by atoms with Crippen molar-refractivity contribution in [1.82, 2.24) is 0 Å². The third-order valence-corrected chi connectivity index (χ3v) is 1.20. The van der Waals surface area contributed by atoms with E-state index in [-0.39, 0.29) is 11.7 Å². The number of Topliss-reactive ketones (excluding diaryl/α,β-unsaturated/α-hetero) is 1. The summed E-state index contributed by atoms with van der Waals surface area (Å²) in [6.45, 7) is 15.8. The van der Waals surface area contributed by atoms with Crippen LogP contribution in [-0.2, 0) is 4.79 Å². The smallest absolute Gasteiger partial charge is 0.126 e. The summed E-state index contributed by atoms with van der Waals surface area (Å²) in [4.78, 5) is 9.44. The number of carbonyl (C=O) groups is 1. The minimum atomic E-state index is 0.167. The third-order valence-electron chi connectivity index (χ3n) is 1.20. The van der Waals surface area contributed by atoms with Crippen LogP contribution in [0.25, 0.3) is 0 Å². The molecule has 2 heteroatoms. The van der Waals surface area contributed by atoms with Crippen LogP contribution in [0.5, 0.6) is 0 Å². The topological polar surface area (TPSA) is 40.9 Å². The van der Waals surface area contributed by atoms with Gasteiger partial charge >= 0.3 is 0 Å². The van der Waals surface area contributed by atoms with E-state index in [0.717, 1.165) is 11.8 Å². The normalized spacial score (nSPS) is 8.88. The Morgan fingerprint density at radius 2 is 1.19 bits per heavy atom. The van der Waals surface area contributed by atoms with E-state index in [1.165, 1.54) is 20.3 Å². The predicted octanol–water partition coefficient (Wildman–Crippen LogP) is 4.45. The molecule has 0 bridgehead atoms. The van der Waals surface area contributed by atoms with Gasteiger partial charge in [-0.15, -0.1) is 0 Å². The first-order valence-electron chi connectivity index (χ1n) is 6.00. The molecule has 0 aliphatic rings. The van der Waals surface area contributed by atoms with Crippen molar-refractivity contribution < 1.29 is 4.79 Å². The van der Waals surface area contributed by atoms with Crippen LogP contribution in [0.1, 0.15) is 61.8 Å². The van der Waals surface area contributed by atoms with Gasteiger partial charge in [-0.25, -0.2) is 0 Å². The molecule has 0 heterocycles. The summed E-state index contributed by atoms with van der Waals surface area (Å²) in [6.07, 6.45) is 1.36. The van der Waals surface area contributed by atoms with Crippen molar-refractivity contribution in [2.75, 3.05) is 0 Å². The van der Waals surface area contributed by atoms with Gasteiger partial charge in [-0.1, -0.05) is 27.7 Å². The highest BCUT2D eigenvalue weighted by Gasteiger charge is 1.95. The van der Waals surface area contributed by atoms with Crippen molar-refractivity contribution >= 4 is 5.78 Å². The Hall–Kier alpha value is -0.840. The van der Waals surface area contributed by atoms with E-state index in [0.29, 0.717) is 0 Å². The SMILES string of the molecule is CC(C)=O.CC(C)C#N.CC(C)CC(C)C. The van der Waals surface area contributed by atoms with Gasteiger partial charge in [-0.2, -0.15) is 5.26 Å². The zero-order valence-electron chi connectivity index (χ0n) is 12.3. The first-order valence-corrected chi connectivity index (χ1v) is 6.00. The summed E-state index contributed by atoms with van der Waals surface area (Å²) in [5, 5.41) is 7.89. The van der Waals surface area contributed by atoms with Crippen LogP contribution in [0.4, 0.5) is 0 Å². The monoisotopic (exact) mass is 227 g/mol. The standard InChI is InChI=1S/C7H16.C4H7N.C3H6O/c1-6(2)5-7(3)4;1-4(2)3-5;1-3(2)4/h6-7H,5H2,1-4H3;4H,1-2H3;1-2H3. The van der Waals surface area contributed by atoms with Gasteiger partial charge in [0.15, 0.2) is 0 Å². The number of rotatable bonds is 2. The van der Waals surface area contributed by atoms with Gasteiger partial charge in [0, 0.05) is 5.92 Å². The summed E-state index contributed by atoms with van der Waals surface area (Å²) in [5.74, 6) is 2.11. The van der Waals surface area contributed by atoms with E-state index in [1.54, 1.807) is 0 Å². The molecule has 0 spiro atoms. The molecule has 0 aliphatic heterocycles. The van der Waals surface area contributed by atoms with Crippen molar-refractivity contribution in [1.29, 1.82) is 5.26 Å². The molecule has 0 aromatic carbocycles. The molecule has 0 radical (unpaired) electrons. The van der Waals surface area contributed by atoms with Crippen LogP contribution < -0.4 is 0 Å². The predicted molar refractivity (Wildman–Crippen MR) is 71.1 cm³/mol. The van der Waals surface area contributed by atoms with Crippen molar-refractivity contribution in [3.05, 3.63) is 0 Å². The molecule has 0 aromatic heterocycles. The average Bonchev–Trinajstić information content (AvgIpc) is 2.01. The van der Waals surface area contributed by atoms with Crippen LogP contribution in [0.15, 0.2) is 0 Å². The zero-order chi connectivity index (χ0) is 13.7. The van der Waals surface area contributed by atoms with Crippen LogP contribution in [0.2, 0.25) is 0 Å². The summed E-state index contributed by atoms with van der Waals surface area (Å²) in [5.41, 5.74) is 0. The quantitative estimate of drug-likeness (QED) is 0.699. The zero-order valence-corrected chi connectivity index (χ0v) is 12.3. The second-order valence-electron chi connectivity index (χ2n) is 5.22. The van der Waals surface area contributed by atoms with Crippen LogP contribution in [-0.4, -0.2) is 5.78 Å². The summed E-state index contributed by atoms with van der Waals surface area (Å²) >= 11 is 0. The molecular formula is C14H29NO. The van der Waals surface area contributed by atoms with Crippen molar-refractivity contribution in [3.8, 4) is 6.07 Å². The Balaban J connectivity index is -0.000000166. The van der Waals surface area contributed by atoms with Crippen LogP contribution >= 0.6 is 0 Å².